The van der Waals surface area contributed by atoms with E-state index in [2.05, 4.69) is 10.6 Å². The Morgan fingerprint density at radius 3 is 1.04 bits per heavy atom. The topological polar surface area (TPSA) is 563 Å². The monoisotopic (exact) mass is 1200 g/mol. The summed E-state index contributed by atoms with van der Waals surface area (Å²) in [5.41, 5.74) is 0. The van der Waals surface area contributed by atoms with Gasteiger partial charge in [-0.2, -0.15) is 0 Å². The van der Waals surface area contributed by atoms with E-state index in [-0.39, 0.29) is 0 Å². The molecule has 21 N–H and O–H groups in total. The molecule has 0 aromatic carbocycles. The summed E-state index contributed by atoms with van der Waals surface area (Å²) >= 11 is 0. The summed E-state index contributed by atoms with van der Waals surface area (Å²) < 4.78 is 77.1. The van der Waals surface area contributed by atoms with Gasteiger partial charge in [-0.05, 0) is 13.8 Å². The molecule has 7 saturated heterocycles. The van der Waals surface area contributed by atoms with E-state index in [1.54, 1.807) is 0 Å². The van der Waals surface area contributed by atoms with E-state index < -0.39 is 260 Å². The van der Waals surface area contributed by atoms with Crippen molar-refractivity contribution in [1.29, 1.82) is 0 Å². The highest BCUT2D eigenvalue weighted by atomic mass is 16.8. The fourth-order valence-electron chi connectivity index (χ4n) is 10.7. The van der Waals surface area contributed by atoms with E-state index in [9.17, 15) is 107 Å². The largest absolute Gasteiger partial charge is 0.394 e. The highest BCUT2D eigenvalue weighted by Crippen LogP contribution is 2.39. The van der Waals surface area contributed by atoms with Gasteiger partial charge in [0.1, 0.15) is 159 Å². The number of ether oxygens (including phenoxy) is 13. The molecule has 0 unspecified atom stereocenters. The number of aliphatic hydroxyl groups is 19. The van der Waals surface area contributed by atoms with Gasteiger partial charge >= 0.3 is 0 Å². The number of aliphatic hydroxyl groups excluding tert-OH is 19. The Labute approximate surface area is 465 Å². The van der Waals surface area contributed by atoms with Gasteiger partial charge < -0.3 is 169 Å². The molecule has 0 bridgehead atoms. The minimum Gasteiger partial charge on any atom is -0.394 e. The average molecular weight is 1200 g/mol. The van der Waals surface area contributed by atoms with Crippen LogP contribution in [-0.4, -0.2) is 357 Å². The molecule has 7 aliphatic rings. The number of carbonyl (C=O) groups is 2. The fraction of sp³-hybridized carbons (Fsp3) is 0.957. The SMILES string of the molecule is CC(=O)N[C@H]1[C@H](O[C@H]2[C@@H](O)[C@@H](CO)O[C@@H](O[C@H]3[C@H](O[C@@H]4O[C@@H](C)[C@@H](O)[C@@H](O)[C@@H]4O)[C@@H](NC(C)=O)[C@H](O[C@H]4[C@H](O)[C@@H](O)[C@@H](O)O[C@@H]4CO)O[C@@H]3CO)[C@@H]2O)O[C@H](CO)[C@@H](O[C@@H]2O[C@H](CO)[C@H](O)[C@H](O)[C@H]2O)[C@@H]1O[C@@H]1O[C@@H](C)[C@@H](O)[C@@H](O)[C@@H]1O. The number of hydrogen-bond donors (Lipinski definition) is 21. The first-order chi connectivity index (χ1) is 38.7. The van der Waals surface area contributed by atoms with Gasteiger partial charge in [0.25, 0.3) is 0 Å². The van der Waals surface area contributed by atoms with E-state index in [0.717, 1.165) is 13.8 Å². The Kier molecular flexibility index (Phi) is 23.5. The highest BCUT2D eigenvalue weighted by molar-refractivity contribution is 5.73. The predicted octanol–water partition coefficient (Wildman–Crippen LogP) is -13.9. The molecule has 0 saturated carbocycles. The van der Waals surface area contributed by atoms with E-state index in [1.807, 2.05) is 0 Å². The third-order valence-corrected chi connectivity index (χ3v) is 15.3. The van der Waals surface area contributed by atoms with Gasteiger partial charge in [0, 0.05) is 13.8 Å². The van der Waals surface area contributed by atoms with E-state index >= 15 is 0 Å². The lowest BCUT2D eigenvalue weighted by Crippen LogP contribution is -2.72. The molecule has 82 heavy (non-hydrogen) atoms. The molecule has 0 aromatic heterocycles. The molecule has 0 spiro atoms. The standard InChI is InChI=1S/C46H78N2O34/c1-10-21(56)25(60)30(65)43(70-10)80-37-19(47-12(3)54)41(77-34-16(7-51)72-40(69)29(64)28(34)63)75-18(9-53)36(37)79-46-33(68)39(24(59)15(6-50)74-46)82-42-20(48-13(4)55)38(81-44-31(66)26(61)22(57)11(2)71-44)35(17(8-52)76-42)78-45-32(67)27(62)23(58)14(5-49)73-45/h10-11,14-46,49-53,56-69H,5-9H2,1-4H3,(H,47,54)(H,48,55)/t10-,11-,14+,15+,16+,17+,18+,19+,20+,21+,22+,23-,24-,25+,26+,27-,28+,29+,30-,31-,32+,33+,34+,35+,36+,37+,38+,39-,40-,41-,42-,43-,44-,45-,46-/m0/s1. The van der Waals surface area contributed by atoms with Crippen LogP contribution in [0.4, 0.5) is 0 Å². The van der Waals surface area contributed by atoms with Crippen LogP contribution in [0.15, 0.2) is 0 Å². The first-order valence-corrected chi connectivity index (χ1v) is 26.3. The minimum atomic E-state index is -2.36. The smallest absolute Gasteiger partial charge is 0.217 e. The van der Waals surface area contributed by atoms with Gasteiger partial charge in [-0.3, -0.25) is 9.59 Å². The lowest BCUT2D eigenvalue weighted by atomic mass is 9.93. The Bertz CT molecular complexity index is 2030. The third kappa shape index (κ3) is 14.1. The Morgan fingerprint density at radius 1 is 0.317 bits per heavy atom. The summed E-state index contributed by atoms with van der Waals surface area (Å²) in [4.78, 5) is 26.2. The van der Waals surface area contributed by atoms with E-state index in [1.165, 1.54) is 13.8 Å². The van der Waals surface area contributed by atoms with Crippen LogP contribution in [0.3, 0.4) is 0 Å². The number of carbonyl (C=O) groups excluding carboxylic acids is 2. The minimum absolute atomic E-state index is 0.884. The van der Waals surface area contributed by atoms with Crippen LogP contribution in [-0.2, 0) is 71.2 Å². The molecule has 7 fully saturated rings. The third-order valence-electron chi connectivity index (χ3n) is 15.3. The van der Waals surface area contributed by atoms with Crippen LogP contribution in [0.2, 0.25) is 0 Å². The molecule has 35 atom stereocenters. The Hall–Kier alpha value is -2.34. The van der Waals surface area contributed by atoms with Gasteiger partial charge in [0.15, 0.2) is 44.0 Å². The lowest BCUT2D eigenvalue weighted by molar-refractivity contribution is -0.397. The normalized spacial score (nSPS) is 51.3. The maximum Gasteiger partial charge on any atom is 0.217 e. The van der Waals surface area contributed by atoms with Crippen molar-refractivity contribution in [2.24, 2.45) is 0 Å². The van der Waals surface area contributed by atoms with Crippen LogP contribution >= 0.6 is 0 Å². The molecule has 0 aliphatic carbocycles. The summed E-state index contributed by atoms with van der Waals surface area (Å²) in [6.07, 6.45) is -63.3. The molecule has 7 rings (SSSR count). The van der Waals surface area contributed by atoms with Crippen molar-refractivity contribution in [2.45, 2.75) is 243 Å². The second-order valence-electron chi connectivity index (χ2n) is 21.0. The summed E-state index contributed by atoms with van der Waals surface area (Å²) in [5.74, 6) is -1.80. The maximum atomic E-state index is 13.1. The summed E-state index contributed by atoms with van der Waals surface area (Å²) in [6.45, 7) is -0.672. The van der Waals surface area contributed by atoms with E-state index in [4.69, 9.17) is 61.6 Å². The van der Waals surface area contributed by atoms with Crippen molar-refractivity contribution in [3.05, 3.63) is 0 Å². The van der Waals surface area contributed by atoms with E-state index in [0.29, 0.717) is 0 Å². The highest BCUT2D eigenvalue weighted by Gasteiger charge is 2.60. The van der Waals surface area contributed by atoms with Gasteiger partial charge in [-0.15, -0.1) is 0 Å². The van der Waals surface area contributed by atoms with Crippen molar-refractivity contribution in [3.8, 4) is 0 Å². The molecule has 0 aromatic rings. The summed E-state index contributed by atoms with van der Waals surface area (Å²) in [5, 5.41) is 210. The summed E-state index contributed by atoms with van der Waals surface area (Å²) in [6, 6.07) is -3.69. The van der Waals surface area contributed by atoms with Crippen molar-refractivity contribution in [1.82, 2.24) is 10.6 Å². The number of nitrogens with one attached hydrogen (secondary N) is 2. The van der Waals surface area contributed by atoms with Crippen molar-refractivity contribution in [3.63, 3.8) is 0 Å². The fourth-order valence-corrected chi connectivity index (χ4v) is 10.7. The molecule has 2 amide bonds. The number of rotatable bonds is 19. The molecular weight excluding hydrogens is 1120 g/mol. The van der Waals surface area contributed by atoms with Crippen molar-refractivity contribution < 1.29 is 168 Å². The zero-order valence-corrected chi connectivity index (χ0v) is 44.4. The molecule has 36 heteroatoms. The molecule has 476 valence electrons. The maximum absolute atomic E-state index is 13.1. The van der Waals surface area contributed by atoms with Crippen molar-refractivity contribution >= 4 is 11.8 Å². The average Bonchev–Trinajstić information content (AvgIpc) is 3.01. The molecular formula is C46H78N2O34. The van der Waals surface area contributed by atoms with Gasteiger partial charge in [0.05, 0.1) is 45.2 Å². The Morgan fingerprint density at radius 2 is 0.634 bits per heavy atom. The molecule has 0 radical (unpaired) electrons. The second kappa shape index (κ2) is 28.7. The second-order valence-corrected chi connectivity index (χ2v) is 21.0. The van der Waals surface area contributed by atoms with Gasteiger partial charge in [0.2, 0.25) is 11.8 Å². The number of hydrogen-bond acceptors (Lipinski definition) is 34. The first-order valence-electron chi connectivity index (χ1n) is 26.3. The van der Waals surface area contributed by atoms with Crippen LogP contribution < -0.4 is 10.6 Å². The van der Waals surface area contributed by atoms with Gasteiger partial charge in [-0.25, -0.2) is 0 Å². The quantitative estimate of drug-likeness (QED) is 0.0571. The Balaban J connectivity index is 1.25. The van der Waals surface area contributed by atoms with Crippen LogP contribution in [0.25, 0.3) is 0 Å². The zero-order chi connectivity index (χ0) is 60.5. The zero-order valence-electron chi connectivity index (χ0n) is 44.4. The van der Waals surface area contributed by atoms with Crippen molar-refractivity contribution in [2.75, 3.05) is 33.0 Å². The summed E-state index contributed by atoms with van der Waals surface area (Å²) in [7, 11) is 0. The molecule has 36 nitrogen and oxygen atoms in total. The molecule has 7 aliphatic heterocycles. The van der Waals surface area contributed by atoms with Crippen LogP contribution in [0.1, 0.15) is 27.7 Å². The first kappa shape index (κ1) is 67.2. The van der Waals surface area contributed by atoms with Crippen LogP contribution in [0.5, 0.6) is 0 Å². The lowest BCUT2D eigenvalue weighted by Gasteiger charge is -2.52. The predicted molar refractivity (Wildman–Crippen MR) is 252 cm³/mol. The van der Waals surface area contributed by atoms with Crippen LogP contribution in [0, 0.1) is 0 Å². The number of amides is 2. The molecule has 7 heterocycles. The van der Waals surface area contributed by atoms with Gasteiger partial charge in [-0.1, -0.05) is 0 Å².